The largest absolute Gasteiger partial charge is 0.452 e. The number of nitrogens with one attached hydrogen (secondary N) is 1. The van der Waals surface area contributed by atoms with Crippen LogP contribution < -0.4 is 5.32 Å². The quantitative estimate of drug-likeness (QED) is 0.609. The molecular formula is C15H18ClNO5S2. The van der Waals surface area contributed by atoms with E-state index in [1.807, 2.05) is 6.26 Å². The highest BCUT2D eigenvalue weighted by molar-refractivity contribution is 7.98. The van der Waals surface area contributed by atoms with E-state index in [4.69, 9.17) is 16.3 Å². The molecule has 1 saturated heterocycles. The van der Waals surface area contributed by atoms with Crippen molar-refractivity contribution in [3.63, 3.8) is 0 Å². The van der Waals surface area contributed by atoms with Gasteiger partial charge in [0.15, 0.2) is 16.4 Å². The lowest BCUT2D eigenvalue weighted by molar-refractivity contribution is -0.125. The zero-order valence-electron chi connectivity index (χ0n) is 13.3. The fraction of sp³-hybridized carbons (Fsp3) is 0.467. The van der Waals surface area contributed by atoms with E-state index in [0.29, 0.717) is 6.42 Å². The van der Waals surface area contributed by atoms with Gasteiger partial charge in [0.2, 0.25) is 0 Å². The van der Waals surface area contributed by atoms with Gasteiger partial charge in [0.25, 0.3) is 5.91 Å². The van der Waals surface area contributed by atoms with Crippen molar-refractivity contribution in [3.05, 3.63) is 28.8 Å². The third-order valence-electron chi connectivity index (χ3n) is 3.67. The average molecular weight is 392 g/mol. The summed E-state index contributed by atoms with van der Waals surface area (Å²) in [5.74, 6) is -1.31. The molecule has 0 aromatic heterocycles. The van der Waals surface area contributed by atoms with Gasteiger partial charge in [-0.1, -0.05) is 11.6 Å². The van der Waals surface area contributed by atoms with Gasteiger partial charge in [-0.05, 0) is 37.8 Å². The summed E-state index contributed by atoms with van der Waals surface area (Å²) in [4.78, 5) is 24.9. The highest BCUT2D eigenvalue weighted by Gasteiger charge is 2.39. The van der Waals surface area contributed by atoms with Gasteiger partial charge in [0, 0.05) is 4.90 Å². The molecule has 1 aliphatic heterocycles. The molecule has 1 aromatic carbocycles. The molecule has 6 nitrogen and oxygen atoms in total. The third kappa shape index (κ3) is 4.87. The van der Waals surface area contributed by atoms with Crippen LogP contribution >= 0.6 is 23.4 Å². The van der Waals surface area contributed by atoms with Crippen LogP contribution in [0.2, 0.25) is 5.02 Å². The number of amides is 1. The van der Waals surface area contributed by atoms with Crippen LogP contribution in [-0.2, 0) is 19.4 Å². The van der Waals surface area contributed by atoms with Crippen molar-refractivity contribution in [2.75, 3.05) is 24.4 Å². The minimum Gasteiger partial charge on any atom is -0.452 e. The minimum atomic E-state index is -3.13. The number of hydrogen-bond acceptors (Lipinski definition) is 6. The third-order valence-corrected chi connectivity index (χ3v) is 6.63. The number of carbonyl (C=O) groups excluding carboxylic acids is 2. The molecule has 1 fully saturated rings. The van der Waals surface area contributed by atoms with Gasteiger partial charge in [-0.25, -0.2) is 13.2 Å². The molecule has 0 radical (unpaired) electrons. The van der Waals surface area contributed by atoms with E-state index in [9.17, 15) is 18.0 Å². The number of benzene rings is 1. The van der Waals surface area contributed by atoms with Gasteiger partial charge >= 0.3 is 5.97 Å². The molecule has 1 amide bonds. The maximum absolute atomic E-state index is 12.1. The summed E-state index contributed by atoms with van der Waals surface area (Å²) < 4.78 is 28.0. The molecule has 1 atom stereocenters. The molecule has 0 unspecified atom stereocenters. The highest BCUT2D eigenvalue weighted by atomic mass is 35.5. The maximum Gasteiger partial charge on any atom is 0.340 e. The molecule has 0 spiro atoms. The van der Waals surface area contributed by atoms with Crippen LogP contribution in [0.4, 0.5) is 0 Å². The van der Waals surface area contributed by atoms with Crippen LogP contribution in [0.15, 0.2) is 23.1 Å². The van der Waals surface area contributed by atoms with Gasteiger partial charge in [-0.2, -0.15) is 0 Å². The molecule has 9 heteroatoms. The van der Waals surface area contributed by atoms with Crippen LogP contribution in [0, 0.1) is 0 Å². The Balaban J connectivity index is 1.93. The Hall–Kier alpha value is -1.25. The summed E-state index contributed by atoms with van der Waals surface area (Å²) in [6.45, 7) is 1.17. The highest BCUT2D eigenvalue weighted by Crippen LogP contribution is 2.24. The van der Waals surface area contributed by atoms with Crippen molar-refractivity contribution in [2.24, 2.45) is 0 Å². The lowest BCUT2D eigenvalue weighted by Crippen LogP contribution is -2.48. The average Bonchev–Trinajstić information content (AvgIpc) is 2.78. The van der Waals surface area contributed by atoms with Crippen LogP contribution in [0.3, 0.4) is 0 Å². The first kappa shape index (κ1) is 19.1. The summed E-state index contributed by atoms with van der Waals surface area (Å²) in [5, 5.41) is 2.87. The molecule has 1 aliphatic rings. The van der Waals surface area contributed by atoms with E-state index >= 15 is 0 Å². The van der Waals surface area contributed by atoms with Crippen LogP contribution in [-0.4, -0.2) is 50.2 Å². The van der Waals surface area contributed by atoms with Crippen molar-refractivity contribution in [1.29, 1.82) is 0 Å². The monoisotopic (exact) mass is 391 g/mol. The second kappa shape index (κ2) is 7.33. The van der Waals surface area contributed by atoms with E-state index < -0.39 is 33.9 Å². The lowest BCUT2D eigenvalue weighted by atomic mass is 10.0. The molecule has 24 heavy (non-hydrogen) atoms. The van der Waals surface area contributed by atoms with Gasteiger partial charge < -0.3 is 10.1 Å². The minimum absolute atomic E-state index is 0.0423. The zero-order valence-corrected chi connectivity index (χ0v) is 15.7. The molecule has 1 N–H and O–H groups in total. The summed E-state index contributed by atoms with van der Waals surface area (Å²) in [5.41, 5.74) is -0.635. The van der Waals surface area contributed by atoms with Crippen LogP contribution in [0.25, 0.3) is 0 Å². The maximum atomic E-state index is 12.1. The Kier molecular flexibility index (Phi) is 5.83. The van der Waals surface area contributed by atoms with Gasteiger partial charge in [-0.15, -0.1) is 11.8 Å². The Morgan fingerprint density at radius 2 is 2.12 bits per heavy atom. The Labute approximate surface area is 150 Å². The van der Waals surface area contributed by atoms with Crippen LogP contribution in [0.5, 0.6) is 0 Å². The second-order valence-electron chi connectivity index (χ2n) is 5.87. The molecule has 2 rings (SSSR count). The van der Waals surface area contributed by atoms with Crippen LogP contribution in [0.1, 0.15) is 23.7 Å². The van der Waals surface area contributed by atoms with E-state index in [1.54, 1.807) is 25.1 Å². The van der Waals surface area contributed by atoms with E-state index in [0.717, 1.165) is 4.90 Å². The van der Waals surface area contributed by atoms with Gasteiger partial charge in [0.05, 0.1) is 27.6 Å². The topological polar surface area (TPSA) is 89.5 Å². The first-order chi connectivity index (χ1) is 11.1. The number of halogens is 1. The number of esters is 1. The predicted octanol–water partition coefficient (Wildman–Crippen LogP) is 1.91. The number of ether oxygens (including phenoxy) is 1. The number of rotatable bonds is 5. The smallest absolute Gasteiger partial charge is 0.340 e. The second-order valence-corrected chi connectivity index (χ2v) is 9.34. The predicted molar refractivity (Wildman–Crippen MR) is 93.3 cm³/mol. The number of carbonyl (C=O) groups is 2. The van der Waals surface area contributed by atoms with Gasteiger partial charge in [-0.3, -0.25) is 4.79 Å². The van der Waals surface area contributed by atoms with Crippen molar-refractivity contribution in [2.45, 2.75) is 23.8 Å². The Bertz CT molecular complexity index is 765. The van der Waals surface area contributed by atoms with Crippen molar-refractivity contribution in [1.82, 2.24) is 5.32 Å². The molecule has 0 saturated carbocycles. The lowest BCUT2D eigenvalue weighted by Gasteiger charge is -2.23. The molecular weight excluding hydrogens is 374 g/mol. The summed E-state index contributed by atoms with van der Waals surface area (Å²) in [6.07, 6.45) is 2.21. The SMILES string of the molecule is CSc1ccc(Cl)c(C(=O)OCC(=O)N[C@@]2(C)CCS(=O)(=O)C2)c1. The first-order valence-electron chi connectivity index (χ1n) is 7.16. The fourth-order valence-electron chi connectivity index (χ4n) is 2.48. The van der Waals surface area contributed by atoms with Crippen molar-refractivity contribution < 1.29 is 22.7 Å². The van der Waals surface area contributed by atoms with Crippen molar-refractivity contribution >= 4 is 45.1 Å². The number of sulfone groups is 1. The number of hydrogen-bond donors (Lipinski definition) is 1. The molecule has 1 aromatic rings. The molecule has 132 valence electrons. The number of thioether (sulfide) groups is 1. The normalized spacial score (nSPS) is 22.1. The fourth-order valence-corrected chi connectivity index (χ4v) is 5.21. The first-order valence-corrected chi connectivity index (χ1v) is 10.6. The summed E-state index contributed by atoms with van der Waals surface area (Å²) in [7, 11) is -3.13. The van der Waals surface area contributed by atoms with Crippen molar-refractivity contribution in [3.8, 4) is 0 Å². The van der Waals surface area contributed by atoms with Gasteiger partial charge in [0.1, 0.15) is 0 Å². The van der Waals surface area contributed by atoms with E-state index in [-0.39, 0.29) is 22.1 Å². The zero-order chi connectivity index (χ0) is 18.0. The Morgan fingerprint density at radius 1 is 1.42 bits per heavy atom. The summed E-state index contributed by atoms with van der Waals surface area (Å²) >= 11 is 7.43. The molecule has 1 heterocycles. The van der Waals surface area contributed by atoms with E-state index in [2.05, 4.69) is 5.32 Å². The molecule has 0 bridgehead atoms. The summed E-state index contributed by atoms with van der Waals surface area (Å²) in [6, 6.07) is 4.96. The Morgan fingerprint density at radius 3 is 2.71 bits per heavy atom. The van der Waals surface area contributed by atoms with E-state index in [1.165, 1.54) is 11.8 Å². The molecule has 0 aliphatic carbocycles. The standard InChI is InChI=1S/C15H18ClNO5S2/c1-15(5-6-24(20,21)9-15)17-13(18)8-22-14(19)11-7-10(23-2)3-4-12(11)16/h3-4,7H,5-6,8-9H2,1-2H3,(H,17,18)/t15-/m0/s1.